The van der Waals surface area contributed by atoms with Crippen molar-refractivity contribution in [1.82, 2.24) is 15.2 Å². The van der Waals surface area contributed by atoms with E-state index in [1.807, 2.05) is 0 Å². The summed E-state index contributed by atoms with van der Waals surface area (Å²) in [5, 5.41) is 9.92. The van der Waals surface area contributed by atoms with Gasteiger partial charge >= 0.3 is 0 Å². The van der Waals surface area contributed by atoms with Crippen molar-refractivity contribution in [1.29, 1.82) is 0 Å². The van der Waals surface area contributed by atoms with Crippen molar-refractivity contribution in [2.24, 2.45) is 0 Å². The molecule has 102 valence electrons. The van der Waals surface area contributed by atoms with Crippen LogP contribution in [0.5, 0.6) is 0 Å². The summed E-state index contributed by atoms with van der Waals surface area (Å²) in [5.74, 6) is -0.0282. The average molecular weight is 311 g/mol. The van der Waals surface area contributed by atoms with Crippen molar-refractivity contribution in [3.8, 4) is 0 Å². The quantitative estimate of drug-likeness (QED) is 0.762. The second-order valence-electron chi connectivity index (χ2n) is 4.08. The summed E-state index contributed by atoms with van der Waals surface area (Å²) in [7, 11) is 0. The summed E-state index contributed by atoms with van der Waals surface area (Å²) in [5.41, 5.74) is 0. The number of hydrogen-bond donors (Lipinski definition) is 2. The van der Waals surface area contributed by atoms with Gasteiger partial charge in [-0.1, -0.05) is 11.6 Å². The summed E-state index contributed by atoms with van der Waals surface area (Å²) in [6, 6.07) is 4.21. The zero-order valence-electron chi connectivity index (χ0n) is 10.2. The maximum absolute atomic E-state index is 13.2. The number of carbonyl (C=O) groups is 1. The minimum Gasteiger partial charge on any atom is -0.288 e. The van der Waals surface area contributed by atoms with Crippen molar-refractivity contribution in [3.05, 3.63) is 39.7 Å². The first-order valence-corrected chi connectivity index (χ1v) is 6.82. The highest BCUT2D eigenvalue weighted by atomic mass is 35.5. The smallest absolute Gasteiger partial charge is 0.269 e. The molecule has 0 aliphatic heterocycles. The van der Waals surface area contributed by atoms with Crippen LogP contribution in [0.2, 0.25) is 5.02 Å². The molecule has 0 saturated heterocycles. The fourth-order valence-corrected chi connectivity index (χ4v) is 3.18. The first-order chi connectivity index (χ1) is 9.54. The molecule has 0 unspecified atom stereocenters. The predicted octanol–water partition coefficient (Wildman–Crippen LogP) is 3.37. The number of H-pyrrole nitrogens is 1. The Kier molecular flexibility index (Phi) is 3.15. The van der Waals surface area contributed by atoms with Crippen LogP contribution < -0.4 is 5.32 Å². The summed E-state index contributed by atoms with van der Waals surface area (Å²) in [4.78, 5) is 16.4. The number of halogens is 2. The number of benzene rings is 1. The van der Waals surface area contributed by atoms with Crippen LogP contribution >= 0.6 is 22.9 Å². The van der Waals surface area contributed by atoms with Crippen LogP contribution in [0.1, 0.15) is 15.5 Å². The maximum Gasteiger partial charge on any atom is 0.269 e. The summed E-state index contributed by atoms with van der Waals surface area (Å²) in [6.45, 7) is 1.72. The number of aromatic nitrogens is 3. The molecule has 0 aliphatic rings. The number of fused-ring (bicyclic) bond motifs is 1. The van der Waals surface area contributed by atoms with Crippen LogP contribution in [-0.2, 0) is 0 Å². The lowest BCUT2D eigenvalue weighted by Gasteiger charge is -1.97. The number of aryl methyl sites for hydroxylation is 1. The molecule has 1 aromatic carbocycles. The third-order valence-corrected chi connectivity index (χ3v) is 4.28. The van der Waals surface area contributed by atoms with E-state index in [0.29, 0.717) is 25.8 Å². The van der Waals surface area contributed by atoms with E-state index in [9.17, 15) is 9.18 Å². The van der Waals surface area contributed by atoms with Crippen LogP contribution in [0, 0.1) is 12.7 Å². The Labute approximate surface area is 121 Å². The van der Waals surface area contributed by atoms with Gasteiger partial charge in [-0.15, -0.1) is 16.4 Å². The number of amides is 1. The molecule has 0 atom stereocenters. The van der Waals surface area contributed by atoms with Gasteiger partial charge < -0.3 is 0 Å². The fourth-order valence-electron chi connectivity index (χ4n) is 1.74. The topological polar surface area (TPSA) is 70.7 Å². The number of thiophene rings is 1. The Morgan fingerprint density at radius 2 is 2.30 bits per heavy atom. The molecule has 20 heavy (non-hydrogen) atoms. The lowest BCUT2D eigenvalue weighted by molar-refractivity contribution is 0.103. The van der Waals surface area contributed by atoms with E-state index in [2.05, 4.69) is 20.5 Å². The number of nitrogens with zero attached hydrogens (tertiary/aromatic N) is 2. The van der Waals surface area contributed by atoms with E-state index in [4.69, 9.17) is 11.6 Å². The molecule has 5 nitrogen and oxygen atoms in total. The standard InChI is InChI=1S/C12H8ClFN4OS/c1-5-15-12(18-17-5)16-11(19)10-9(13)7-3-2-6(14)4-8(7)20-10/h2-4H,1H3,(H2,15,16,17,18,19). The molecule has 0 spiro atoms. The molecular formula is C12H8ClFN4OS. The molecule has 0 bridgehead atoms. The molecule has 2 heterocycles. The third-order valence-electron chi connectivity index (χ3n) is 2.62. The number of anilines is 1. The van der Waals surface area contributed by atoms with Crippen molar-refractivity contribution < 1.29 is 9.18 Å². The highest BCUT2D eigenvalue weighted by Crippen LogP contribution is 2.35. The molecule has 8 heteroatoms. The maximum atomic E-state index is 13.2. The first-order valence-electron chi connectivity index (χ1n) is 5.62. The van der Waals surface area contributed by atoms with Crippen molar-refractivity contribution in [3.63, 3.8) is 0 Å². The van der Waals surface area contributed by atoms with Gasteiger partial charge in [-0.25, -0.2) is 4.39 Å². The van der Waals surface area contributed by atoms with Crippen molar-refractivity contribution >= 4 is 44.9 Å². The lowest BCUT2D eigenvalue weighted by Crippen LogP contribution is -2.11. The van der Waals surface area contributed by atoms with Gasteiger partial charge in [0.25, 0.3) is 5.91 Å². The molecule has 1 amide bonds. The van der Waals surface area contributed by atoms with Crippen molar-refractivity contribution in [2.45, 2.75) is 6.92 Å². The van der Waals surface area contributed by atoms with Gasteiger partial charge in [-0.2, -0.15) is 4.98 Å². The van der Waals surface area contributed by atoms with Gasteiger partial charge in [0.05, 0.1) is 5.02 Å². The summed E-state index contributed by atoms with van der Waals surface area (Å²) in [6.07, 6.45) is 0. The monoisotopic (exact) mass is 310 g/mol. The minimum atomic E-state index is -0.421. The largest absolute Gasteiger partial charge is 0.288 e. The molecule has 0 saturated carbocycles. The SMILES string of the molecule is Cc1nc(NC(=O)c2sc3cc(F)ccc3c2Cl)n[nH]1. The molecule has 2 N–H and O–H groups in total. The number of aromatic amines is 1. The van der Waals surface area contributed by atoms with E-state index in [0.717, 1.165) is 11.3 Å². The zero-order chi connectivity index (χ0) is 14.3. The molecular weight excluding hydrogens is 303 g/mol. The second kappa shape index (κ2) is 4.84. The third kappa shape index (κ3) is 2.25. The average Bonchev–Trinajstić information content (AvgIpc) is 2.94. The molecule has 3 rings (SSSR count). The van der Waals surface area contributed by atoms with E-state index >= 15 is 0 Å². The van der Waals surface area contributed by atoms with E-state index in [1.54, 1.807) is 13.0 Å². The van der Waals surface area contributed by atoms with Crippen LogP contribution in [0.25, 0.3) is 10.1 Å². The number of carbonyl (C=O) groups excluding carboxylic acids is 1. The number of nitrogens with one attached hydrogen (secondary N) is 2. The summed E-state index contributed by atoms with van der Waals surface area (Å²) >= 11 is 7.28. The van der Waals surface area contributed by atoms with Gasteiger partial charge in [0.15, 0.2) is 0 Å². The van der Waals surface area contributed by atoms with E-state index in [-0.39, 0.29) is 11.8 Å². The van der Waals surface area contributed by atoms with Gasteiger partial charge in [0, 0.05) is 10.1 Å². The number of rotatable bonds is 2. The van der Waals surface area contributed by atoms with Gasteiger partial charge in [-0.3, -0.25) is 15.2 Å². The fraction of sp³-hybridized carbons (Fsp3) is 0.0833. The van der Waals surface area contributed by atoms with Crippen LogP contribution in [0.15, 0.2) is 18.2 Å². The second-order valence-corrected chi connectivity index (χ2v) is 5.51. The summed E-state index contributed by atoms with van der Waals surface area (Å²) < 4.78 is 13.8. The van der Waals surface area contributed by atoms with Gasteiger partial charge in [-0.05, 0) is 25.1 Å². The van der Waals surface area contributed by atoms with Gasteiger partial charge in [0.1, 0.15) is 16.5 Å². The zero-order valence-corrected chi connectivity index (χ0v) is 11.8. The predicted molar refractivity (Wildman–Crippen MR) is 75.9 cm³/mol. The molecule has 2 aromatic heterocycles. The highest BCUT2D eigenvalue weighted by molar-refractivity contribution is 7.21. The van der Waals surface area contributed by atoms with Gasteiger partial charge in [0.2, 0.25) is 5.95 Å². The van der Waals surface area contributed by atoms with E-state index in [1.165, 1.54) is 12.1 Å². The molecule has 0 radical (unpaired) electrons. The Hall–Kier alpha value is -1.99. The molecule has 0 aliphatic carbocycles. The Morgan fingerprint density at radius 1 is 1.50 bits per heavy atom. The van der Waals surface area contributed by atoms with Crippen LogP contribution in [0.3, 0.4) is 0 Å². The Bertz CT molecular complexity index is 813. The minimum absolute atomic E-state index is 0.173. The Morgan fingerprint density at radius 3 is 3.00 bits per heavy atom. The van der Waals surface area contributed by atoms with Crippen molar-refractivity contribution in [2.75, 3.05) is 5.32 Å². The normalized spacial score (nSPS) is 10.9. The molecule has 3 aromatic rings. The molecule has 0 fully saturated rings. The lowest BCUT2D eigenvalue weighted by atomic mass is 10.2. The first kappa shape index (κ1) is 13.0. The highest BCUT2D eigenvalue weighted by Gasteiger charge is 2.18. The Balaban J connectivity index is 1.97. The van der Waals surface area contributed by atoms with Crippen LogP contribution in [-0.4, -0.2) is 21.1 Å². The van der Waals surface area contributed by atoms with Crippen LogP contribution in [0.4, 0.5) is 10.3 Å². The van der Waals surface area contributed by atoms with E-state index < -0.39 is 5.91 Å². The number of hydrogen-bond acceptors (Lipinski definition) is 4.